The molecule has 3 aromatic rings. The van der Waals surface area contributed by atoms with Gasteiger partial charge in [0.2, 0.25) is 11.9 Å². The fourth-order valence-electron chi connectivity index (χ4n) is 2.57. The highest BCUT2D eigenvalue weighted by molar-refractivity contribution is 5.90. The normalized spacial score (nSPS) is 10.3. The summed E-state index contributed by atoms with van der Waals surface area (Å²) in [7, 11) is 1.30. The van der Waals surface area contributed by atoms with E-state index in [9.17, 15) is 14.9 Å². The number of rotatable bonds is 7. The van der Waals surface area contributed by atoms with Gasteiger partial charge in [0, 0.05) is 11.8 Å². The first kappa shape index (κ1) is 20.5. The first-order valence-corrected chi connectivity index (χ1v) is 8.70. The standard InChI is InChI=1S/C19H18N6O5/c1-11-5-3-4-6-13(11)21-19-23-16(22-18(20)24-19)10-30-17(26)12-7-8-15(29-2)14(9-12)25(27)28/h3-9H,10H2,1-2H3,(H3,20,21,22,23,24). The van der Waals surface area contributed by atoms with Crippen molar-refractivity contribution in [3.8, 4) is 5.75 Å². The molecule has 1 heterocycles. The molecule has 3 rings (SSSR count). The second-order valence-electron chi connectivity index (χ2n) is 6.09. The predicted octanol–water partition coefficient (Wildman–Crippen LogP) is 2.78. The number of para-hydroxylation sites is 1. The van der Waals surface area contributed by atoms with Gasteiger partial charge >= 0.3 is 11.7 Å². The number of esters is 1. The number of hydrogen-bond donors (Lipinski definition) is 2. The van der Waals surface area contributed by atoms with Gasteiger partial charge in [-0.1, -0.05) is 18.2 Å². The van der Waals surface area contributed by atoms with Crippen LogP contribution in [0.5, 0.6) is 5.75 Å². The number of nitro benzene ring substituents is 1. The Bertz CT molecular complexity index is 1100. The molecular weight excluding hydrogens is 392 g/mol. The Hall–Kier alpha value is -4.28. The number of nitro groups is 1. The quantitative estimate of drug-likeness (QED) is 0.337. The Balaban J connectivity index is 1.73. The fraction of sp³-hybridized carbons (Fsp3) is 0.158. The molecule has 0 amide bonds. The molecule has 0 saturated heterocycles. The van der Waals surface area contributed by atoms with E-state index in [1.54, 1.807) is 0 Å². The zero-order chi connectivity index (χ0) is 21.7. The summed E-state index contributed by atoms with van der Waals surface area (Å²) in [6.45, 7) is 1.62. The minimum atomic E-state index is -0.784. The van der Waals surface area contributed by atoms with E-state index in [1.807, 2.05) is 31.2 Å². The van der Waals surface area contributed by atoms with Crippen LogP contribution in [0.4, 0.5) is 23.3 Å². The van der Waals surface area contributed by atoms with Crippen LogP contribution >= 0.6 is 0 Å². The third-order valence-electron chi connectivity index (χ3n) is 4.03. The van der Waals surface area contributed by atoms with Gasteiger partial charge in [0.25, 0.3) is 0 Å². The second-order valence-corrected chi connectivity index (χ2v) is 6.09. The molecule has 0 spiro atoms. The van der Waals surface area contributed by atoms with Gasteiger partial charge in [0.05, 0.1) is 17.6 Å². The molecule has 0 unspecified atom stereocenters. The van der Waals surface area contributed by atoms with Gasteiger partial charge < -0.3 is 20.5 Å². The van der Waals surface area contributed by atoms with Crippen molar-refractivity contribution < 1.29 is 19.2 Å². The average molecular weight is 410 g/mol. The first-order chi connectivity index (χ1) is 14.4. The van der Waals surface area contributed by atoms with E-state index >= 15 is 0 Å². The topological polar surface area (TPSA) is 155 Å². The van der Waals surface area contributed by atoms with Crippen molar-refractivity contribution in [2.45, 2.75) is 13.5 Å². The molecule has 1 aromatic heterocycles. The number of nitrogens with two attached hydrogens (primary N) is 1. The van der Waals surface area contributed by atoms with Crippen molar-refractivity contribution in [2.75, 3.05) is 18.2 Å². The molecule has 11 nitrogen and oxygen atoms in total. The predicted molar refractivity (Wildman–Crippen MR) is 107 cm³/mol. The van der Waals surface area contributed by atoms with Crippen molar-refractivity contribution >= 4 is 29.2 Å². The van der Waals surface area contributed by atoms with Crippen molar-refractivity contribution in [2.24, 2.45) is 0 Å². The Morgan fingerprint density at radius 2 is 1.97 bits per heavy atom. The fourth-order valence-corrected chi connectivity index (χ4v) is 2.57. The Morgan fingerprint density at radius 1 is 1.20 bits per heavy atom. The molecule has 0 fully saturated rings. The van der Waals surface area contributed by atoms with Crippen LogP contribution in [-0.2, 0) is 11.3 Å². The molecule has 11 heteroatoms. The third kappa shape index (κ3) is 4.76. The molecular formula is C19H18N6O5. The number of anilines is 3. The van der Waals surface area contributed by atoms with Crippen LogP contribution in [0, 0.1) is 17.0 Å². The summed E-state index contributed by atoms with van der Waals surface area (Å²) >= 11 is 0. The minimum Gasteiger partial charge on any atom is -0.490 e. The van der Waals surface area contributed by atoms with E-state index < -0.39 is 10.9 Å². The largest absolute Gasteiger partial charge is 0.490 e. The molecule has 0 aliphatic carbocycles. The van der Waals surface area contributed by atoms with E-state index in [2.05, 4.69) is 20.3 Å². The third-order valence-corrected chi connectivity index (χ3v) is 4.03. The van der Waals surface area contributed by atoms with Crippen molar-refractivity contribution in [3.63, 3.8) is 0 Å². The van der Waals surface area contributed by atoms with E-state index in [4.69, 9.17) is 15.2 Å². The molecule has 3 N–H and O–H groups in total. The maximum Gasteiger partial charge on any atom is 0.338 e. The summed E-state index contributed by atoms with van der Waals surface area (Å²) < 4.78 is 10.1. The number of aromatic nitrogens is 3. The number of methoxy groups -OCH3 is 1. The molecule has 0 aliphatic rings. The van der Waals surface area contributed by atoms with E-state index in [1.165, 1.54) is 19.2 Å². The first-order valence-electron chi connectivity index (χ1n) is 8.70. The Labute approximate surface area is 171 Å². The highest BCUT2D eigenvalue weighted by Gasteiger charge is 2.19. The van der Waals surface area contributed by atoms with Crippen molar-refractivity contribution in [1.29, 1.82) is 0 Å². The zero-order valence-corrected chi connectivity index (χ0v) is 16.2. The van der Waals surface area contributed by atoms with Crippen LogP contribution in [0.3, 0.4) is 0 Å². The monoisotopic (exact) mass is 410 g/mol. The number of carbonyl (C=O) groups is 1. The summed E-state index contributed by atoms with van der Waals surface area (Å²) in [5, 5.41) is 14.1. The summed E-state index contributed by atoms with van der Waals surface area (Å²) in [6.07, 6.45) is 0. The molecule has 0 radical (unpaired) electrons. The summed E-state index contributed by atoms with van der Waals surface area (Å²) in [6, 6.07) is 11.3. The summed E-state index contributed by atoms with van der Waals surface area (Å²) in [5.41, 5.74) is 7.13. The van der Waals surface area contributed by atoms with Gasteiger partial charge in [0.15, 0.2) is 18.2 Å². The number of nitrogen functional groups attached to an aromatic ring is 1. The van der Waals surface area contributed by atoms with E-state index in [0.717, 1.165) is 17.3 Å². The molecule has 154 valence electrons. The number of hydrogen-bond acceptors (Lipinski definition) is 10. The molecule has 2 aromatic carbocycles. The van der Waals surface area contributed by atoms with Crippen molar-refractivity contribution in [3.05, 3.63) is 69.5 Å². The molecule has 30 heavy (non-hydrogen) atoms. The highest BCUT2D eigenvalue weighted by atomic mass is 16.6. The highest BCUT2D eigenvalue weighted by Crippen LogP contribution is 2.28. The number of carbonyl (C=O) groups excluding carboxylic acids is 1. The van der Waals surface area contributed by atoms with Crippen LogP contribution in [-0.4, -0.2) is 33.0 Å². The number of nitrogens with zero attached hydrogens (tertiary/aromatic N) is 4. The van der Waals surface area contributed by atoms with Crippen LogP contribution < -0.4 is 15.8 Å². The maximum absolute atomic E-state index is 12.3. The van der Waals surface area contributed by atoms with Gasteiger partial charge in [-0.25, -0.2) is 4.79 Å². The lowest BCUT2D eigenvalue weighted by Crippen LogP contribution is -2.11. The van der Waals surface area contributed by atoms with Crippen molar-refractivity contribution in [1.82, 2.24) is 15.0 Å². The maximum atomic E-state index is 12.3. The van der Waals surface area contributed by atoms with Gasteiger partial charge in [-0.2, -0.15) is 15.0 Å². The molecule has 0 saturated carbocycles. The lowest BCUT2D eigenvalue weighted by atomic mass is 10.2. The van der Waals surface area contributed by atoms with Gasteiger partial charge in [0.1, 0.15) is 0 Å². The molecule has 0 aliphatic heterocycles. The zero-order valence-electron chi connectivity index (χ0n) is 16.2. The summed E-state index contributed by atoms with van der Waals surface area (Å²) in [5.74, 6) is -0.480. The summed E-state index contributed by atoms with van der Waals surface area (Å²) in [4.78, 5) is 34.9. The smallest absolute Gasteiger partial charge is 0.338 e. The van der Waals surface area contributed by atoms with Crippen LogP contribution in [0.2, 0.25) is 0 Å². The van der Waals surface area contributed by atoms with Crippen LogP contribution in [0.1, 0.15) is 21.7 Å². The Morgan fingerprint density at radius 3 is 2.67 bits per heavy atom. The average Bonchev–Trinajstić information content (AvgIpc) is 2.72. The number of benzene rings is 2. The lowest BCUT2D eigenvalue weighted by Gasteiger charge is -2.10. The van der Waals surface area contributed by atoms with E-state index in [0.29, 0.717) is 0 Å². The van der Waals surface area contributed by atoms with Crippen LogP contribution in [0.15, 0.2) is 42.5 Å². The van der Waals surface area contributed by atoms with Crippen LogP contribution in [0.25, 0.3) is 0 Å². The minimum absolute atomic E-state index is 0.0113. The lowest BCUT2D eigenvalue weighted by molar-refractivity contribution is -0.385. The number of ether oxygens (including phenoxy) is 2. The second kappa shape index (κ2) is 8.82. The molecule has 0 bridgehead atoms. The van der Waals surface area contributed by atoms with E-state index in [-0.39, 0.29) is 41.3 Å². The number of aryl methyl sites for hydroxylation is 1. The van der Waals surface area contributed by atoms with Gasteiger partial charge in [-0.05, 0) is 30.7 Å². The van der Waals surface area contributed by atoms with Gasteiger partial charge in [-0.15, -0.1) is 0 Å². The Kier molecular flexibility index (Phi) is 6.01. The molecule has 0 atom stereocenters. The van der Waals surface area contributed by atoms with Gasteiger partial charge in [-0.3, -0.25) is 10.1 Å². The number of nitrogens with one attached hydrogen (secondary N) is 1. The SMILES string of the molecule is COc1ccc(C(=O)OCc2nc(N)nc(Nc3ccccc3C)n2)cc1[N+](=O)[O-].